The molecule has 0 atom stereocenters. The van der Waals surface area contributed by atoms with E-state index in [1.54, 1.807) is 20.8 Å². The Hall–Kier alpha value is -1.63. The Kier molecular flexibility index (Phi) is 4.22. The van der Waals surface area contributed by atoms with Crippen LogP contribution < -0.4 is 5.32 Å². The summed E-state index contributed by atoms with van der Waals surface area (Å²) < 4.78 is 32.3. The highest BCUT2D eigenvalue weighted by Gasteiger charge is 2.17. The third-order valence-corrected chi connectivity index (χ3v) is 3.21. The van der Waals surface area contributed by atoms with Gasteiger partial charge < -0.3 is 15.0 Å². The summed E-state index contributed by atoms with van der Waals surface area (Å²) in [6.07, 6.45) is -0.575. The van der Waals surface area contributed by atoms with Crippen LogP contribution in [0.2, 0.25) is 0 Å². The van der Waals surface area contributed by atoms with Gasteiger partial charge >= 0.3 is 6.09 Å². The number of H-pyrrole nitrogens is 1. The van der Waals surface area contributed by atoms with Gasteiger partial charge in [-0.2, -0.15) is 0 Å². The van der Waals surface area contributed by atoms with E-state index < -0.39 is 23.3 Å². The van der Waals surface area contributed by atoms with Gasteiger partial charge in [0.25, 0.3) is 0 Å². The molecule has 0 radical (unpaired) electrons. The molecular weight excluding hydrogens is 346 g/mol. The second-order valence-corrected chi connectivity index (χ2v) is 6.45. The summed E-state index contributed by atoms with van der Waals surface area (Å²) in [5.41, 5.74) is 0.402. The summed E-state index contributed by atoms with van der Waals surface area (Å²) in [7, 11) is 0. The quantitative estimate of drug-likeness (QED) is 0.787. The van der Waals surface area contributed by atoms with Gasteiger partial charge in [0.2, 0.25) is 0 Å². The first kappa shape index (κ1) is 15.8. The molecule has 0 aliphatic heterocycles. The molecule has 21 heavy (non-hydrogen) atoms. The van der Waals surface area contributed by atoms with E-state index in [-0.39, 0.29) is 16.4 Å². The Labute approximate surface area is 129 Å². The van der Waals surface area contributed by atoms with Crippen LogP contribution in [0.5, 0.6) is 0 Å². The average molecular weight is 361 g/mol. The van der Waals surface area contributed by atoms with Gasteiger partial charge in [-0.15, -0.1) is 0 Å². The van der Waals surface area contributed by atoms with Crippen molar-refractivity contribution >= 4 is 32.9 Å². The maximum Gasteiger partial charge on any atom is 0.407 e. The number of aromatic nitrogens is 1. The number of halogens is 3. The number of rotatable bonds is 2. The van der Waals surface area contributed by atoms with Crippen molar-refractivity contribution in [3.05, 3.63) is 33.9 Å². The molecule has 0 bridgehead atoms. The largest absolute Gasteiger partial charge is 0.444 e. The lowest BCUT2D eigenvalue weighted by Crippen LogP contribution is -2.32. The summed E-state index contributed by atoms with van der Waals surface area (Å²) in [5.74, 6) is -1.87. The zero-order valence-electron chi connectivity index (χ0n) is 11.8. The molecule has 0 spiro atoms. The number of alkyl carbamates (subject to hydrolysis) is 1. The van der Waals surface area contributed by atoms with Crippen molar-refractivity contribution in [2.75, 3.05) is 0 Å². The van der Waals surface area contributed by atoms with Crippen LogP contribution in [0.3, 0.4) is 0 Å². The van der Waals surface area contributed by atoms with Crippen molar-refractivity contribution < 1.29 is 18.3 Å². The maximum absolute atomic E-state index is 13.8. The van der Waals surface area contributed by atoms with Gasteiger partial charge in [0, 0.05) is 16.6 Å². The standard InChI is InChI=1S/C14H15BrF2N2O2/c1-14(2,3)21-13(20)18-6-7-4-8-10(19-7)5-9(15)12(17)11(8)16/h4-5,19H,6H2,1-3H3,(H,18,20). The first-order valence-corrected chi connectivity index (χ1v) is 7.08. The summed E-state index contributed by atoms with van der Waals surface area (Å²) in [4.78, 5) is 14.4. The van der Waals surface area contributed by atoms with Crippen LogP contribution in [0.1, 0.15) is 26.5 Å². The lowest BCUT2D eigenvalue weighted by molar-refractivity contribution is 0.0523. The van der Waals surface area contributed by atoms with Gasteiger partial charge in [0.15, 0.2) is 11.6 Å². The van der Waals surface area contributed by atoms with Crippen LogP contribution in [-0.2, 0) is 11.3 Å². The topological polar surface area (TPSA) is 54.1 Å². The fourth-order valence-electron chi connectivity index (χ4n) is 1.81. The Balaban J connectivity index is 2.14. The second kappa shape index (κ2) is 5.63. The van der Waals surface area contributed by atoms with Crippen LogP contribution in [-0.4, -0.2) is 16.7 Å². The van der Waals surface area contributed by atoms with Crippen LogP contribution in [0.25, 0.3) is 10.9 Å². The molecule has 1 heterocycles. The van der Waals surface area contributed by atoms with Crippen LogP contribution in [0.15, 0.2) is 16.6 Å². The minimum atomic E-state index is -0.937. The summed E-state index contributed by atoms with van der Waals surface area (Å²) in [5, 5.41) is 2.68. The summed E-state index contributed by atoms with van der Waals surface area (Å²) in [6, 6.07) is 2.91. The number of hydrogen-bond donors (Lipinski definition) is 2. The monoisotopic (exact) mass is 360 g/mol. The molecule has 1 amide bonds. The number of carbonyl (C=O) groups excluding carboxylic acids is 1. The number of carbonyl (C=O) groups is 1. The number of aromatic amines is 1. The summed E-state index contributed by atoms with van der Waals surface area (Å²) >= 11 is 2.95. The predicted octanol–water partition coefficient (Wildman–Crippen LogP) is 4.23. The molecule has 0 saturated heterocycles. The van der Waals surface area contributed by atoms with E-state index in [2.05, 4.69) is 26.2 Å². The SMILES string of the molecule is CC(C)(C)OC(=O)NCc1cc2c(F)c(F)c(Br)cc2[nH]1. The highest BCUT2D eigenvalue weighted by molar-refractivity contribution is 9.10. The van der Waals surface area contributed by atoms with Gasteiger partial charge in [0.05, 0.1) is 11.0 Å². The highest BCUT2D eigenvalue weighted by atomic mass is 79.9. The van der Waals surface area contributed by atoms with Crippen molar-refractivity contribution in [2.24, 2.45) is 0 Å². The molecule has 0 aliphatic rings. The number of nitrogens with one attached hydrogen (secondary N) is 2. The molecule has 0 saturated carbocycles. The third kappa shape index (κ3) is 3.72. The van der Waals surface area contributed by atoms with E-state index in [0.717, 1.165) is 0 Å². The van der Waals surface area contributed by atoms with Crippen LogP contribution in [0, 0.1) is 11.6 Å². The summed E-state index contributed by atoms with van der Waals surface area (Å²) in [6.45, 7) is 5.39. The molecule has 1 aromatic heterocycles. The van der Waals surface area contributed by atoms with Crippen molar-refractivity contribution in [3.8, 4) is 0 Å². The average Bonchev–Trinajstić information content (AvgIpc) is 2.75. The Bertz CT molecular complexity index is 692. The van der Waals surface area contributed by atoms with E-state index in [1.807, 2.05) is 0 Å². The first-order chi connectivity index (χ1) is 9.67. The number of amides is 1. The minimum absolute atomic E-state index is 0.0426. The zero-order chi connectivity index (χ0) is 15.8. The number of ether oxygens (including phenoxy) is 1. The number of hydrogen-bond acceptors (Lipinski definition) is 2. The van der Waals surface area contributed by atoms with E-state index in [9.17, 15) is 13.6 Å². The lowest BCUT2D eigenvalue weighted by Gasteiger charge is -2.19. The van der Waals surface area contributed by atoms with Gasteiger partial charge in [-0.1, -0.05) is 0 Å². The fraction of sp³-hybridized carbons (Fsp3) is 0.357. The van der Waals surface area contributed by atoms with Crippen LogP contribution in [0.4, 0.5) is 13.6 Å². The first-order valence-electron chi connectivity index (χ1n) is 6.29. The predicted molar refractivity (Wildman–Crippen MR) is 79.0 cm³/mol. The molecule has 114 valence electrons. The van der Waals surface area contributed by atoms with E-state index >= 15 is 0 Å². The van der Waals surface area contributed by atoms with E-state index in [1.165, 1.54) is 12.1 Å². The van der Waals surface area contributed by atoms with Crippen molar-refractivity contribution in [3.63, 3.8) is 0 Å². The molecule has 0 unspecified atom stereocenters. The molecule has 4 nitrogen and oxygen atoms in total. The molecule has 7 heteroatoms. The van der Waals surface area contributed by atoms with Gasteiger partial charge in [-0.05, 0) is 48.8 Å². The Morgan fingerprint density at radius 3 is 2.62 bits per heavy atom. The molecule has 2 N–H and O–H groups in total. The maximum atomic E-state index is 13.8. The molecule has 0 fully saturated rings. The molecular formula is C14H15BrF2N2O2. The Morgan fingerprint density at radius 2 is 2.00 bits per heavy atom. The van der Waals surface area contributed by atoms with Gasteiger partial charge in [0.1, 0.15) is 5.60 Å². The minimum Gasteiger partial charge on any atom is -0.444 e. The third-order valence-electron chi connectivity index (χ3n) is 2.64. The van der Waals surface area contributed by atoms with Crippen molar-refractivity contribution in [1.29, 1.82) is 0 Å². The normalized spacial score (nSPS) is 11.7. The van der Waals surface area contributed by atoms with Gasteiger partial charge in [-0.3, -0.25) is 0 Å². The lowest BCUT2D eigenvalue weighted by atomic mass is 10.2. The molecule has 2 rings (SSSR count). The van der Waals surface area contributed by atoms with E-state index in [4.69, 9.17) is 4.74 Å². The van der Waals surface area contributed by atoms with Crippen molar-refractivity contribution in [2.45, 2.75) is 32.9 Å². The highest BCUT2D eigenvalue weighted by Crippen LogP contribution is 2.27. The number of fused-ring (bicyclic) bond motifs is 1. The molecule has 2 aromatic rings. The Morgan fingerprint density at radius 1 is 1.33 bits per heavy atom. The smallest absolute Gasteiger partial charge is 0.407 e. The van der Waals surface area contributed by atoms with Crippen molar-refractivity contribution in [1.82, 2.24) is 10.3 Å². The molecule has 1 aromatic carbocycles. The second-order valence-electron chi connectivity index (χ2n) is 5.60. The number of benzene rings is 1. The molecule has 0 aliphatic carbocycles. The van der Waals surface area contributed by atoms with E-state index in [0.29, 0.717) is 11.2 Å². The fourth-order valence-corrected chi connectivity index (χ4v) is 2.22. The van der Waals surface area contributed by atoms with Crippen LogP contribution >= 0.6 is 15.9 Å². The zero-order valence-corrected chi connectivity index (χ0v) is 13.4. The van der Waals surface area contributed by atoms with Gasteiger partial charge in [-0.25, -0.2) is 13.6 Å².